The van der Waals surface area contributed by atoms with Gasteiger partial charge < -0.3 is 5.32 Å². The number of amidine groups is 1. The molecule has 1 N–H and O–H groups in total. The van der Waals surface area contributed by atoms with Crippen LogP contribution in [0.3, 0.4) is 0 Å². The summed E-state index contributed by atoms with van der Waals surface area (Å²) in [6.45, 7) is 7.70. The Morgan fingerprint density at radius 1 is 1.64 bits per heavy atom. The molecular formula is C10H20N2S2. The maximum Gasteiger partial charge on any atom is 0.156 e. The molecule has 0 radical (unpaired) electrons. The van der Waals surface area contributed by atoms with Crippen molar-refractivity contribution < 1.29 is 0 Å². The Balaban J connectivity index is 2.37. The molecule has 1 rings (SSSR count). The van der Waals surface area contributed by atoms with Crippen molar-refractivity contribution in [2.45, 2.75) is 26.8 Å². The van der Waals surface area contributed by atoms with Crippen molar-refractivity contribution in [3.8, 4) is 0 Å². The molecule has 1 atom stereocenters. The Morgan fingerprint density at radius 3 is 2.86 bits per heavy atom. The van der Waals surface area contributed by atoms with E-state index >= 15 is 0 Å². The van der Waals surface area contributed by atoms with E-state index in [-0.39, 0.29) is 0 Å². The van der Waals surface area contributed by atoms with Gasteiger partial charge in [0, 0.05) is 24.1 Å². The van der Waals surface area contributed by atoms with Crippen molar-refractivity contribution >= 4 is 28.7 Å². The van der Waals surface area contributed by atoms with Crippen LogP contribution in [0.4, 0.5) is 0 Å². The minimum absolute atomic E-state index is 0.374. The summed E-state index contributed by atoms with van der Waals surface area (Å²) in [5.41, 5.74) is 0.374. The Bertz CT molecular complexity index is 214. The van der Waals surface area contributed by atoms with Crippen LogP contribution in [0.1, 0.15) is 20.8 Å². The molecule has 1 aliphatic heterocycles. The van der Waals surface area contributed by atoms with Gasteiger partial charge in [0.2, 0.25) is 0 Å². The summed E-state index contributed by atoms with van der Waals surface area (Å²) in [7, 11) is 0. The lowest BCUT2D eigenvalue weighted by atomic mass is 9.97. The van der Waals surface area contributed by atoms with Crippen LogP contribution in [0.25, 0.3) is 0 Å². The molecule has 0 spiro atoms. The molecule has 0 bridgehead atoms. The Morgan fingerprint density at radius 2 is 2.36 bits per heavy atom. The van der Waals surface area contributed by atoms with Crippen LogP contribution >= 0.6 is 23.5 Å². The van der Waals surface area contributed by atoms with E-state index in [4.69, 9.17) is 0 Å². The fourth-order valence-electron chi connectivity index (χ4n) is 1.23. The molecule has 0 aromatic rings. The zero-order chi connectivity index (χ0) is 10.6. The van der Waals surface area contributed by atoms with Crippen molar-refractivity contribution in [1.82, 2.24) is 5.32 Å². The topological polar surface area (TPSA) is 24.4 Å². The highest BCUT2D eigenvalue weighted by Gasteiger charge is 2.23. The quantitative estimate of drug-likeness (QED) is 0.809. The first-order valence-electron chi connectivity index (χ1n) is 4.96. The molecular weight excluding hydrogens is 212 g/mol. The summed E-state index contributed by atoms with van der Waals surface area (Å²) in [6, 6.07) is 0.525. The van der Waals surface area contributed by atoms with Gasteiger partial charge in [-0.15, -0.1) is 0 Å². The zero-order valence-corrected chi connectivity index (χ0v) is 11.1. The van der Waals surface area contributed by atoms with Gasteiger partial charge in [0.25, 0.3) is 0 Å². The maximum atomic E-state index is 4.56. The van der Waals surface area contributed by atoms with Crippen LogP contribution in [0.15, 0.2) is 4.99 Å². The summed E-state index contributed by atoms with van der Waals surface area (Å²) in [5.74, 6) is 2.31. The minimum atomic E-state index is 0.374. The van der Waals surface area contributed by atoms with Crippen LogP contribution in [0.2, 0.25) is 0 Å². The lowest BCUT2D eigenvalue weighted by molar-refractivity contribution is 0.436. The summed E-state index contributed by atoms with van der Waals surface area (Å²) < 4.78 is 0. The number of nitrogens with one attached hydrogen (secondary N) is 1. The van der Waals surface area contributed by atoms with E-state index in [2.05, 4.69) is 37.3 Å². The SMILES string of the molecule is CSCC(C)NC1=NCC(C)(C)CS1. The lowest BCUT2D eigenvalue weighted by Crippen LogP contribution is -2.37. The normalized spacial score (nSPS) is 22.7. The van der Waals surface area contributed by atoms with Gasteiger partial charge in [0.1, 0.15) is 0 Å². The molecule has 0 aliphatic carbocycles. The van der Waals surface area contributed by atoms with E-state index < -0.39 is 0 Å². The predicted molar refractivity (Wildman–Crippen MR) is 69.5 cm³/mol. The molecule has 0 saturated carbocycles. The number of aliphatic imine (C=N–C) groups is 1. The van der Waals surface area contributed by atoms with E-state index in [1.54, 1.807) is 0 Å². The first-order valence-corrected chi connectivity index (χ1v) is 7.34. The van der Waals surface area contributed by atoms with E-state index in [1.165, 1.54) is 5.75 Å². The van der Waals surface area contributed by atoms with Gasteiger partial charge in [0.05, 0.1) is 0 Å². The molecule has 1 aliphatic rings. The molecule has 2 nitrogen and oxygen atoms in total. The molecule has 0 amide bonds. The minimum Gasteiger partial charge on any atom is -0.362 e. The van der Waals surface area contributed by atoms with Crippen molar-refractivity contribution in [1.29, 1.82) is 0 Å². The number of thioether (sulfide) groups is 2. The van der Waals surface area contributed by atoms with Gasteiger partial charge in [-0.05, 0) is 18.6 Å². The molecule has 14 heavy (non-hydrogen) atoms. The first kappa shape index (κ1) is 12.2. The third kappa shape index (κ3) is 4.13. The van der Waals surface area contributed by atoms with Crippen molar-refractivity contribution in [2.24, 2.45) is 10.4 Å². The molecule has 0 aromatic carbocycles. The van der Waals surface area contributed by atoms with Gasteiger partial charge in [-0.1, -0.05) is 25.6 Å². The molecule has 1 heterocycles. The van der Waals surface area contributed by atoms with Crippen LogP contribution in [-0.2, 0) is 0 Å². The predicted octanol–water partition coefficient (Wildman–Crippen LogP) is 2.46. The third-order valence-corrected chi connectivity index (χ3v) is 4.32. The standard InChI is InChI=1S/C10H20N2S2/c1-8(5-13-4)12-9-11-6-10(2,3)7-14-9/h8H,5-7H2,1-4H3,(H,11,12). The summed E-state index contributed by atoms with van der Waals surface area (Å²) in [4.78, 5) is 4.56. The highest BCUT2D eigenvalue weighted by atomic mass is 32.2. The first-order chi connectivity index (χ1) is 6.53. The molecule has 1 unspecified atom stereocenters. The molecule has 0 fully saturated rings. The van der Waals surface area contributed by atoms with Gasteiger partial charge >= 0.3 is 0 Å². The average molecular weight is 232 g/mol. The van der Waals surface area contributed by atoms with E-state index in [9.17, 15) is 0 Å². The molecule has 4 heteroatoms. The van der Waals surface area contributed by atoms with Crippen LogP contribution in [0, 0.1) is 5.41 Å². The Hall–Kier alpha value is 0.170. The largest absolute Gasteiger partial charge is 0.362 e. The van der Waals surface area contributed by atoms with E-state index in [1.807, 2.05) is 23.5 Å². The average Bonchev–Trinajstić information content (AvgIpc) is 2.09. The second-order valence-electron chi connectivity index (χ2n) is 4.57. The van der Waals surface area contributed by atoms with Crippen molar-refractivity contribution in [3.05, 3.63) is 0 Å². The second kappa shape index (κ2) is 5.31. The lowest BCUT2D eigenvalue weighted by Gasteiger charge is -2.28. The van der Waals surface area contributed by atoms with Gasteiger partial charge in [-0.2, -0.15) is 11.8 Å². The zero-order valence-electron chi connectivity index (χ0n) is 9.46. The molecule has 0 aromatic heterocycles. The second-order valence-corrected chi connectivity index (χ2v) is 6.45. The third-order valence-electron chi connectivity index (χ3n) is 2.04. The Labute approximate surface area is 95.7 Å². The molecule has 0 saturated heterocycles. The van der Waals surface area contributed by atoms with Gasteiger partial charge in [-0.25, -0.2) is 0 Å². The fourth-order valence-corrected chi connectivity index (χ4v) is 2.87. The number of hydrogen-bond acceptors (Lipinski definition) is 4. The smallest absolute Gasteiger partial charge is 0.156 e. The number of rotatable bonds is 3. The van der Waals surface area contributed by atoms with Crippen molar-refractivity contribution in [3.63, 3.8) is 0 Å². The summed E-state index contributed by atoms with van der Waals surface area (Å²) in [6.07, 6.45) is 2.14. The maximum absolute atomic E-state index is 4.56. The summed E-state index contributed by atoms with van der Waals surface area (Å²) in [5, 5.41) is 4.58. The van der Waals surface area contributed by atoms with E-state index in [0.717, 1.165) is 17.5 Å². The fraction of sp³-hybridized carbons (Fsp3) is 0.900. The van der Waals surface area contributed by atoms with E-state index in [0.29, 0.717) is 11.5 Å². The highest BCUT2D eigenvalue weighted by Crippen LogP contribution is 2.27. The monoisotopic (exact) mass is 232 g/mol. The number of nitrogens with zero attached hydrogens (tertiary/aromatic N) is 1. The number of hydrogen-bond donors (Lipinski definition) is 1. The van der Waals surface area contributed by atoms with Crippen molar-refractivity contribution in [2.75, 3.05) is 24.3 Å². The summed E-state index contributed by atoms with van der Waals surface area (Å²) >= 11 is 3.73. The van der Waals surface area contributed by atoms with Gasteiger partial charge in [0.15, 0.2) is 5.17 Å². The van der Waals surface area contributed by atoms with Crippen LogP contribution in [0.5, 0.6) is 0 Å². The van der Waals surface area contributed by atoms with Crippen LogP contribution < -0.4 is 5.32 Å². The van der Waals surface area contributed by atoms with Gasteiger partial charge in [-0.3, -0.25) is 4.99 Å². The molecule has 82 valence electrons. The Kier molecular flexibility index (Phi) is 4.64. The highest BCUT2D eigenvalue weighted by molar-refractivity contribution is 8.13. The van der Waals surface area contributed by atoms with Crippen LogP contribution in [-0.4, -0.2) is 35.5 Å².